The number of hydrogen-bond acceptors (Lipinski definition) is 6. The maximum absolute atomic E-state index is 9.90. The molecule has 0 aromatic heterocycles. The van der Waals surface area contributed by atoms with Gasteiger partial charge in [0.1, 0.15) is 17.4 Å². The second-order valence-corrected chi connectivity index (χ2v) is 5.38. The number of nitrogens with two attached hydrogens (primary N) is 2. The minimum atomic E-state index is -0.417. The summed E-state index contributed by atoms with van der Waals surface area (Å²) in [7, 11) is 0. The number of aromatic hydroxyl groups is 1. The number of nitrogens with zero attached hydrogens (tertiary/aromatic N) is 1. The van der Waals surface area contributed by atoms with Crippen LogP contribution in [0, 0.1) is 11.3 Å². The molecule has 1 aliphatic heterocycles. The van der Waals surface area contributed by atoms with Gasteiger partial charge in [0.25, 0.3) is 0 Å². The van der Waals surface area contributed by atoms with Gasteiger partial charge in [0.15, 0.2) is 11.5 Å². The Hall–Kier alpha value is -3.33. The van der Waals surface area contributed by atoms with Crippen molar-refractivity contribution in [2.24, 2.45) is 5.73 Å². The number of rotatable bonds is 3. The highest BCUT2D eigenvalue weighted by Crippen LogP contribution is 2.44. The van der Waals surface area contributed by atoms with Gasteiger partial charge >= 0.3 is 0 Å². The molecule has 1 heterocycles. The molecule has 3 rings (SSSR count). The third-order valence-electron chi connectivity index (χ3n) is 3.86. The Bertz CT molecular complexity index is 868. The first-order valence-corrected chi connectivity index (χ1v) is 7.47. The summed E-state index contributed by atoms with van der Waals surface area (Å²) in [6.45, 7) is 2.25. The van der Waals surface area contributed by atoms with Gasteiger partial charge in [0, 0.05) is 17.3 Å². The molecule has 0 radical (unpaired) electrons. The molecule has 1 aliphatic rings. The summed E-state index contributed by atoms with van der Waals surface area (Å²) in [6, 6.07) is 12.3. The van der Waals surface area contributed by atoms with E-state index in [1.165, 1.54) is 6.07 Å². The summed E-state index contributed by atoms with van der Waals surface area (Å²) < 4.78 is 11.0. The van der Waals surface area contributed by atoms with Crippen LogP contribution in [0.25, 0.3) is 0 Å². The molecule has 2 aromatic rings. The Labute approximate surface area is 139 Å². The number of nitriles is 1. The first-order valence-electron chi connectivity index (χ1n) is 7.47. The van der Waals surface area contributed by atoms with Gasteiger partial charge in [0.05, 0.1) is 12.5 Å². The highest BCUT2D eigenvalue weighted by Gasteiger charge is 2.31. The van der Waals surface area contributed by atoms with Gasteiger partial charge in [-0.05, 0) is 30.7 Å². The molecular formula is C18H17N3O3. The molecule has 0 fully saturated rings. The average molecular weight is 323 g/mol. The average Bonchev–Trinajstić information content (AvgIpc) is 2.55. The first-order chi connectivity index (χ1) is 11.5. The molecule has 122 valence electrons. The topological polar surface area (TPSA) is 115 Å². The number of allylic oxidation sites excluding steroid dienone is 1. The number of benzene rings is 2. The lowest BCUT2D eigenvalue weighted by Gasteiger charge is -2.27. The number of phenols is 1. The maximum Gasteiger partial charge on any atom is 0.205 e. The monoisotopic (exact) mass is 323 g/mol. The van der Waals surface area contributed by atoms with E-state index in [-0.39, 0.29) is 11.6 Å². The van der Waals surface area contributed by atoms with Crippen LogP contribution in [0.15, 0.2) is 47.9 Å². The maximum atomic E-state index is 9.90. The first kappa shape index (κ1) is 15.6. The predicted octanol–water partition coefficient (Wildman–Crippen LogP) is 2.59. The molecule has 0 amide bonds. The van der Waals surface area contributed by atoms with E-state index in [0.29, 0.717) is 29.4 Å². The quantitative estimate of drug-likeness (QED) is 0.748. The fraction of sp³-hybridized carbons (Fsp3) is 0.167. The van der Waals surface area contributed by atoms with E-state index in [2.05, 4.69) is 6.07 Å². The van der Waals surface area contributed by atoms with Gasteiger partial charge < -0.3 is 26.0 Å². The Kier molecular flexibility index (Phi) is 3.92. The van der Waals surface area contributed by atoms with E-state index in [1.54, 1.807) is 24.3 Å². The Balaban J connectivity index is 2.18. The van der Waals surface area contributed by atoms with Crippen LogP contribution in [0.3, 0.4) is 0 Å². The van der Waals surface area contributed by atoms with Crippen molar-refractivity contribution in [2.75, 3.05) is 12.3 Å². The van der Waals surface area contributed by atoms with E-state index >= 15 is 0 Å². The SMILES string of the molecule is CCOc1cc(C2C(C#N)=C(N)Oc3cc(N)ccc32)ccc1O. The fourth-order valence-corrected chi connectivity index (χ4v) is 2.80. The highest BCUT2D eigenvalue weighted by molar-refractivity contribution is 5.60. The minimum Gasteiger partial charge on any atom is -0.504 e. The van der Waals surface area contributed by atoms with E-state index in [9.17, 15) is 10.4 Å². The smallest absolute Gasteiger partial charge is 0.205 e. The van der Waals surface area contributed by atoms with Crippen molar-refractivity contribution in [3.05, 3.63) is 59.0 Å². The van der Waals surface area contributed by atoms with Gasteiger partial charge in [-0.25, -0.2) is 0 Å². The van der Waals surface area contributed by atoms with Gasteiger partial charge in [-0.2, -0.15) is 5.26 Å². The zero-order valence-corrected chi connectivity index (χ0v) is 13.1. The van der Waals surface area contributed by atoms with Crippen molar-refractivity contribution < 1.29 is 14.6 Å². The summed E-state index contributed by atoms with van der Waals surface area (Å²) in [4.78, 5) is 0. The van der Waals surface area contributed by atoms with E-state index in [4.69, 9.17) is 20.9 Å². The van der Waals surface area contributed by atoms with E-state index in [0.717, 1.165) is 11.1 Å². The van der Waals surface area contributed by atoms with Gasteiger partial charge in [-0.3, -0.25) is 0 Å². The molecule has 0 spiro atoms. The lowest BCUT2D eigenvalue weighted by Crippen LogP contribution is -2.21. The largest absolute Gasteiger partial charge is 0.504 e. The number of ether oxygens (including phenoxy) is 2. The molecule has 0 saturated heterocycles. The van der Waals surface area contributed by atoms with Crippen LogP contribution in [0.2, 0.25) is 0 Å². The van der Waals surface area contributed by atoms with E-state index < -0.39 is 5.92 Å². The second kappa shape index (κ2) is 6.05. The number of nitrogen functional groups attached to an aromatic ring is 1. The number of anilines is 1. The predicted molar refractivity (Wildman–Crippen MR) is 89.4 cm³/mol. The molecule has 6 heteroatoms. The Morgan fingerprint density at radius 3 is 2.75 bits per heavy atom. The van der Waals surface area contributed by atoms with Crippen molar-refractivity contribution in [2.45, 2.75) is 12.8 Å². The molecule has 0 aliphatic carbocycles. The standard InChI is InChI=1S/C18H17N3O3/c1-2-23-16-7-10(3-6-14(16)22)17-12-5-4-11(20)8-15(12)24-18(21)13(17)9-19/h3-8,17,22H,2,20-21H2,1H3. The van der Waals surface area contributed by atoms with Crippen molar-refractivity contribution in [3.63, 3.8) is 0 Å². The van der Waals surface area contributed by atoms with Gasteiger partial charge in [0.2, 0.25) is 5.88 Å². The van der Waals surface area contributed by atoms with Crippen LogP contribution < -0.4 is 20.9 Å². The summed E-state index contributed by atoms with van der Waals surface area (Å²) in [5, 5.41) is 19.4. The van der Waals surface area contributed by atoms with Crippen molar-refractivity contribution >= 4 is 5.69 Å². The lowest BCUT2D eigenvalue weighted by atomic mass is 9.83. The zero-order valence-electron chi connectivity index (χ0n) is 13.1. The summed E-state index contributed by atoms with van der Waals surface area (Å²) in [5.41, 5.74) is 14.1. The summed E-state index contributed by atoms with van der Waals surface area (Å²) in [5.74, 6) is 0.545. The van der Waals surface area contributed by atoms with Crippen LogP contribution in [0.4, 0.5) is 5.69 Å². The lowest BCUT2D eigenvalue weighted by molar-refractivity contribution is 0.317. The van der Waals surface area contributed by atoms with Gasteiger partial charge in [-0.1, -0.05) is 12.1 Å². The van der Waals surface area contributed by atoms with Crippen LogP contribution >= 0.6 is 0 Å². The molecule has 1 atom stereocenters. The van der Waals surface area contributed by atoms with Crippen LogP contribution in [-0.4, -0.2) is 11.7 Å². The molecule has 1 unspecified atom stereocenters. The molecule has 0 bridgehead atoms. The molecule has 6 nitrogen and oxygen atoms in total. The van der Waals surface area contributed by atoms with Crippen LogP contribution in [0.1, 0.15) is 24.0 Å². The summed E-state index contributed by atoms with van der Waals surface area (Å²) >= 11 is 0. The van der Waals surface area contributed by atoms with Crippen molar-refractivity contribution in [3.8, 4) is 23.3 Å². The van der Waals surface area contributed by atoms with Crippen molar-refractivity contribution in [1.29, 1.82) is 5.26 Å². The third-order valence-corrected chi connectivity index (χ3v) is 3.86. The van der Waals surface area contributed by atoms with Crippen LogP contribution in [-0.2, 0) is 0 Å². The molecule has 0 saturated carbocycles. The van der Waals surface area contributed by atoms with E-state index in [1.807, 2.05) is 13.0 Å². The third kappa shape index (κ3) is 2.57. The highest BCUT2D eigenvalue weighted by atomic mass is 16.5. The number of hydrogen-bond donors (Lipinski definition) is 3. The number of phenolic OH excluding ortho intramolecular Hbond substituents is 1. The fourth-order valence-electron chi connectivity index (χ4n) is 2.80. The molecule has 5 N–H and O–H groups in total. The molecule has 2 aromatic carbocycles. The molecule has 24 heavy (non-hydrogen) atoms. The van der Waals surface area contributed by atoms with Crippen molar-refractivity contribution in [1.82, 2.24) is 0 Å². The van der Waals surface area contributed by atoms with Gasteiger partial charge in [-0.15, -0.1) is 0 Å². The Morgan fingerprint density at radius 2 is 2.04 bits per heavy atom. The normalized spacial score (nSPS) is 16.1. The number of fused-ring (bicyclic) bond motifs is 1. The zero-order chi connectivity index (χ0) is 17.3. The minimum absolute atomic E-state index is 0.0423. The van der Waals surface area contributed by atoms with Crippen LogP contribution in [0.5, 0.6) is 17.2 Å². The molecular weight excluding hydrogens is 306 g/mol. The Morgan fingerprint density at radius 1 is 1.25 bits per heavy atom. The summed E-state index contributed by atoms with van der Waals surface area (Å²) in [6.07, 6.45) is 0. The second-order valence-electron chi connectivity index (χ2n) is 5.38.